The van der Waals surface area contributed by atoms with E-state index < -0.39 is 10.5 Å². The van der Waals surface area contributed by atoms with Crippen molar-refractivity contribution in [3.05, 3.63) is 98.6 Å². The number of thiazole rings is 1. The number of benzene rings is 2. The van der Waals surface area contributed by atoms with Crippen LogP contribution in [-0.2, 0) is 22.7 Å². The molecule has 1 saturated heterocycles. The number of aromatic nitrogens is 1. The second-order valence-electron chi connectivity index (χ2n) is 10.1. The first-order valence-electron chi connectivity index (χ1n) is 14.1. The standard InChI is InChI=1S/C31H33ClN6O3S2/c32-27-16-24(6-7-28(27)41-18-25-19-42-22-35-25)36-30-26-8-15-43(20-29(39)33-9-10-37-11-13-40-14-12-37)31(26)38(21-34-30)17-23-4-2-1-3-5-23/h1-8,15-16,19,21-22,36H,9-14,17-18,20H2,(H,33,39). The Labute approximate surface area is 262 Å². The molecule has 1 unspecified atom stereocenters. The SMILES string of the molecule is O=C(CS1=C2C(=C(Nc3ccc(OCc4cscn4)c(Cl)c3)N=CN2Cc2ccccc2)C=C1)NCCN1CCOCC1. The number of halogens is 1. The van der Waals surface area contributed by atoms with Gasteiger partial charge in [-0.2, -0.15) is 0 Å². The van der Waals surface area contributed by atoms with Crippen molar-refractivity contribution in [3.63, 3.8) is 0 Å². The van der Waals surface area contributed by atoms with Gasteiger partial charge in [0.2, 0.25) is 5.91 Å². The van der Waals surface area contributed by atoms with Crippen LogP contribution in [0.15, 0.2) is 87.3 Å². The molecular weight excluding hydrogens is 604 g/mol. The van der Waals surface area contributed by atoms with Crippen LogP contribution in [0.1, 0.15) is 11.3 Å². The number of hydrogen-bond donors (Lipinski definition) is 2. The number of aliphatic imine (C=N–C) groups is 1. The summed E-state index contributed by atoms with van der Waals surface area (Å²) in [6, 6.07) is 15.9. The monoisotopic (exact) mass is 636 g/mol. The van der Waals surface area contributed by atoms with Crippen molar-refractivity contribution >= 4 is 56.3 Å². The van der Waals surface area contributed by atoms with Crippen molar-refractivity contribution in [2.75, 3.05) is 50.5 Å². The van der Waals surface area contributed by atoms with E-state index in [0.717, 1.165) is 54.8 Å². The van der Waals surface area contributed by atoms with Crippen LogP contribution >= 0.6 is 33.4 Å². The minimum absolute atomic E-state index is 0.0479. The Kier molecular flexibility index (Phi) is 9.86. The number of rotatable bonds is 12. The third-order valence-corrected chi connectivity index (χ3v) is 10.0. The third-order valence-electron chi connectivity index (χ3n) is 7.11. The summed E-state index contributed by atoms with van der Waals surface area (Å²) in [6.45, 7) is 5.81. The van der Waals surface area contributed by atoms with Gasteiger partial charge in [-0.15, -0.1) is 21.8 Å². The molecule has 4 heterocycles. The van der Waals surface area contributed by atoms with Crippen LogP contribution < -0.4 is 15.4 Å². The van der Waals surface area contributed by atoms with Gasteiger partial charge in [0.1, 0.15) is 18.2 Å². The molecule has 2 aromatic carbocycles. The minimum Gasteiger partial charge on any atom is -0.486 e. The molecule has 0 spiro atoms. The van der Waals surface area contributed by atoms with Crippen LogP contribution in [0.25, 0.3) is 0 Å². The summed E-state index contributed by atoms with van der Waals surface area (Å²) in [7, 11) is -0.414. The largest absolute Gasteiger partial charge is 0.486 e. The summed E-state index contributed by atoms with van der Waals surface area (Å²) < 4.78 is 11.3. The Bertz CT molecular complexity index is 1550. The number of anilines is 1. The molecule has 1 atom stereocenters. The molecule has 1 fully saturated rings. The molecule has 9 nitrogen and oxygen atoms in total. The lowest BCUT2D eigenvalue weighted by Gasteiger charge is -2.28. The van der Waals surface area contributed by atoms with Gasteiger partial charge in [0, 0.05) is 49.4 Å². The van der Waals surface area contributed by atoms with E-state index in [4.69, 9.17) is 26.1 Å². The zero-order valence-corrected chi connectivity index (χ0v) is 26.0. The van der Waals surface area contributed by atoms with Crippen molar-refractivity contribution in [1.29, 1.82) is 0 Å². The number of amides is 1. The van der Waals surface area contributed by atoms with E-state index in [9.17, 15) is 4.79 Å². The first-order chi connectivity index (χ1) is 21.1. The summed E-state index contributed by atoms with van der Waals surface area (Å²) in [5.74, 6) is 1.74. The number of morpholine rings is 1. The summed E-state index contributed by atoms with van der Waals surface area (Å²) >= 11 is 8.10. The number of carbonyl (C=O) groups is 1. The molecule has 0 radical (unpaired) electrons. The van der Waals surface area contributed by atoms with E-state index in [0.29, 0.717) is 42.0 Å². The molecule has 0 bridgehead atoms. The van der Waals surface area contributed by atoms with E-state index in [1.165, 1.54) is 16.9 Å². The Morgan fingerprint density at radius 3 is 2.81 bits per heavy atom. The summed E-state index contributed by atoms with van der Waals surface area (Å²) in [4.78, 5) is 27.6. The first kappa shape index (κ1) is 29.6. The van der Waals surface area contributed by atoms with Gasteiger partial charge in [-0.3, -0.25) is 9.69 Å². The van der Waals surface area contributed by atoms with Crippen LogP contribution in [0.5, 0.6) is 5.75 Å². The molecule has 1 aromatic heterocycles. The van der Waals surface area contributed by atoms with Gasteiger partial charge in [0.15, 0.2) is 0 Å². The van der Waals surface area contributed by atoms with Crippen molar-refractivity contribution in [2.45, 2.75) is 13.2 Å². The molecule has 1 amide bonds. The lowest BCUT2D eigenvalue weighted by molar-refractivity contribution is -0.118. The highest BCUT2D eigenvalue weighted by molar-refractivity contribution is 8.19. The van der Waals surface area contributed by atoms with Crippen molar-refractivity contribution in [1.82, 2.24) is 20.1 Å². The molecular formula is C31H33ClN6O3S2. The maximum atomic E-state index is 13.0. The third kappa shape index (κ3) is 7.73. The van der Waals surface area contributed by atoms with Crippen LogP contribution in [0, 0.1) is 0 Å². The van der Waals surface area contributed by atoms with Gasteiger partial charge in [0.05, 0.1) is 46.5 Å². The second kappa shape index (κ2) is 14.3. The topological polar surface area (TPSA) is 91.3 Å². The second-order valence-corrected chi connectivity index (χ2v) is 13.1. The van der Waals surface area contributed by atoms with Gasteiger partial charge in [-0.05, 0) is 35.2 Å². The molecule has 3 aliphatic heterocycles. The lowest BCUT2D eigenvalue weighted by atomic mass is 10.1. The van der Waals surface area contributed by atoms with E-state index in [2.05, 4.69) is 49.0 Å². The average Bonchev–Trinajstić information content (AvgIpc) is 3.70. The molecule has 3 aliphatic rings. The quantitative estimate of drug-likeness (QED) is 0.273. The number of ether oxygens (including phenoxy) is 2. The van der Waals surface area contributed by atoms with Crippen LogP contribution in [0.2, 0.25) is 5.02 Å². The number of carbonyl (C=O) groups excluding carboxylic acids is 1. The van der Waals surface area contributed by atoms with Gasteiger partial charge in [-0.1, -0.05) is 41.9 Å². The van der Waals surface area contributed by atoms with E-state index >= 15 is 0 Å². The van der Waals surface area contributed by atoms with Crippen molar-refractivity contribution < 1.29 is 14.3 Å². The average molecular weight is 637 g/mol. The van der Waals surface area contributed by atoms with Gasteiger partial charge in [-0.25, -0.2) is 9.98 Å². The number of nitrogens with zero attached hydrogens (tertiary/aromatic N) is 4. The first-order valence-corrected chi connectivity index (χ1v) is 16.9. The molecule has 3 aromatic rings. The van der Waals surface area contributed by atoms with Crippen LogP contribution in [0.4, 0.5) is 5.69 Å². The molecule has 0 aliphatic carbocycles. The fourth-order valence-electron chi connectivity index (χ4n) is 4.93. The maximum Gasteiger partial charge on any atom is 0.229 e. The molecule has 12 heteroatoms. The predicted octanol–water partition coefficient (Wildman–Crippen LogP) is 4.92. The van der Waals surface area contributed by atoms with Crippen molar-refractivity contribution in [2.24, 2.45) is 4.99 Å². The maximum absolute atomic E-state index is 13.0. The molecule has 0 saturated carbocycles. The van der Waals surface area contributed by atoms with Gasteiger partial charge in [0.25, 0.3) is 0 Å². The van der Waals surface area contributed by atoms with Gasteiger partial charge < -0.3 is 25.0 Å². The zero-order chi connectivity index (χ0) is 29.4. The smallest absolute Gasteiger partial charge is 0.229 e. The van der Waals surface area contributed by atoms with Crippen molar-refractivity contribution in [3.8, 4) is 5.75 Å². The minimum atomic E-state index is -0.414. The van der Waals surface area contributed by atoms with E-state index in [1.54, 1.807) is 5.51 Å². The Morgan fingerprint density at radius 2 is 2.02 bits per heavy atom. The summed E-state index contributed by atoms with van der Waals surface area (Å²) in [6.07, 6.45) is 3.92. The predicted molar refractivity (Wildman–Crippen MR) is 176 cm³/mol. The van der Waals surface area contributed by atoms with Gasteiger partial charge >= 0.3 is 0 Å². The number of nitrogens with one attached hydrogen (secondary N) is 2. The Balaban J connectivity index is 1.17. The Morgan fingerprint density at radius 1 is 1.16 bits per heavy atom. The highest BCUT2D eigenvalue weighted by Crippen LogP contribution is 2.36. The summed E-state index contributed by atoms with van der Waals surface area (Å²) in [5.41, 5.74) is 5.58. The fraction of sp³-hybridized carbons (Fsp3) is 0.290. The Hall–Kier alpha value is -3.48. The zero-order valence-electron chi connectivity index (χ0n) is 23.6. The number of hydrogen-bond acceptors (Lipinski definition) is 9. The van der Waals surface area contributed by atoms with E-state index in [1.807, 2.05) is 48.1 Å². The van der Waals surface area contributed by atoms with Crippen LogP contribution in [-0.4, -0.2) is 77.2 Å². The molecule has 2 N–H and O–H groups in total. The normalized spacial score (nSPS) is 18.2. The highest BCUT2D eigenvalue weighted by atomic mass is 35.5. The molecule has 6 rings (SSSR count). The fourth-order valence-corrected chi connectivity index (χ4v) is 7.62. The highest BCUT2D eigenvalue weighted by Gasteiger charge is 2.27. The van der Waals surface area contributed by atoms with E-state index in [-0.39, 0.29) is 5.91 Å². The molecule has 43 heavy (non-hydrogen) atoms. The van der Waals surface area contributed by atoms with Crippen LogP contribution in [0.3, 0.4) is 0 Å². The molecule has 224 valence electrons. The lowest BCUT2D eigenvalue weighted by Crippen LogP contribution is -2.41. The summed E-state index contributed by atoms with van der Waals surface area (Å²) in [5, 5.41) is 11.1. The number of fused-ring (bicyclic) bond motifs is 1.